The van der Waals surface area contributed by atoms with Crippen LogP contribution >= 0.6 is 0 Å². The second-order valence-corrected chi connectivity index (χ2v) is 6.18. The maximum absolute atomic E-state index is 12.3. The fraction of sp³-hybridized carbons (Fsp3) is 0.143. The molecule has 0 amide bonds. The molecule has 1 aromatic heterocycles. The van der Waals surface area contributed by atoms with E-state index >= 15 is 0 Å². The summed E-state index contributed by atoms with van der Waals surface area (Å²) in [5, 5.41) is 8.66. The van der Waals surface area contributed by atoms with Crippen molar-refractivity contribution in [3.05, 3.63) is 53.9 Å². The van der Waals surface area contributed by atoms with Gasteiger partial charge in [0, 0.05) is 17.9 Å². The highest BCUT2D eigenvalue weighted by Gasteiger charge is 2.19. The Hall–Kier alpha value is -2.43. The van der Waals surface area contributed by atoms with Gasteiger partial charge in [0.1, 0.15) is 16.7 Å². The van der Waals surface area contributed by atoms with Crippen LogP contribution in [0.25, 0.3) is 0 Å². The van der Waals surface area contributed by atoms with Gasteiger partial charge in [0.15, 0.2) is 0 Å². The predicted molar refractivity (Wildman–Crippen MR) is 78.5 cm³/mol. The van der Waals surface area contributed by atoms with Crippen molar-refractivity contribution in [3.8, 4) is 6.07 Å². The minimum absolute atomic E-state index is 0.00264. The Kier molecular flexibility index (Phi) is 4.21. The second-order valence-electron chi connectivity index (χ2n) is 4.46. The van der Waals surface area contributed by atoms with Crippen LogP contribution in [0.3, 0.4) is 0 Å². The summed E-state index contributed by atoms with van der Waals surface area (Å²) < 4.78 is 27.0. The van der Waals surface area contributed by atoms with E-state index in [2.05, 4.69) is 9.71 Å². The van der Waals surface area contributed by atoms with Crippen molar-refractivity contribution in [2.24, 2.45) is 0 Å². The Morgan fingerprint density at radius 2 is 2.00 bits per heavy atom. The third-order valence-corrected chi connectivity index (χ3v) is 4.48. The summed E-state index contributed by atoms with van der Waals surface area (Å²) in [7, 11) is -3.73. The molecule has 0 aliphatic carbocycles. The van der Waals surface area contributed by atoms with E-state index in [4.69, 9.17) is 11.0 Å². The quantitative estimate of drug-likeness (QED) is 0.833. The highest BCUT2D eigenvalue weighted by atomic mass is 32.2. The number of hydrogen-bond donors (Lipinski definition) is 2. The van der Waals surface area contributed by atoms with Crippen LogP contribution in [0.2, 0.25) is 0 Å². The van der Waals surface area contributed by atoms with Gasteiger partial charge >= 0.3 is 0 Å². The molecule has 21 heavy (non-hydrogen) atoms. The number of aromatic nitrogens is 1. The van der Waals surface area contributed by atoms with E-state index in [9.17, 15) is 8.42 Å². The number of hydrogen-bond acceptors (Lipinski definition) is 5. The van der Waals surface area contributed by atoms with E-state index in [0.29, 0.717) is 11.3 Å². The van der Waals surface area contributed by atoms with Crippen molar-refractivity contribution in [1.82, 2.24) is 9.71 Å². The van der Waals surface area contributed by atoms with Crippen LogP contribution in [-0.4, -0.2) is 13.4 Å². The minimum Gasteiger partial charge on any atom is -0.398 e. The molecule has 0 saturated carbocycles. The summed E-state index contributed by atoms with van der Waals surface area (Å²) in [6, 6.07) is 11.1. The number of sulfonamides is 1. The number of anilines is 1. The van der Waals surface area contributed by atoms with Crippen molar-refractivity contribution in [3.63, 3.8) is 0 Å². The lowest BCUT2D eigenvalue weighted by Gasteiger charge is -2.16. The van der Waals surface area contributed by atoms with Gasteiger partial charge in [0.2, 0.25) is 10.0 Å². The van der Waals surface area contributed by atoms with Gasteiger partial charge in [-0.1, -0.05) is 18.2 Å². The molecule has 2 rings (SSSR count). The molecular formula is C14H14N4O2S. The van der Waals surface area contributed by atoms with Gasteiger partial charge in [-0.25, -0.2) is 18.1 Å². The number of rotatable bonds is 4. The average molecular weight is 302 g/mol. The number of nitrogens with one attached hydrogen (secondary N) is 1. The Bertz CT molecular complexity index is 779. The molecular weight excluding hydrogens is 288 g/mol. The first kappa shape index (κ1) is 15.0. The summed E-state index contributed by atoms with van der Waals surface area (Å²) >= 11 is 0. The highest BCUT2D eigenvalue weighted by Crippen LogP contribution is 2.21. The maximum Gasteiger partial charge on any atom is 0.242 e. The van der Waals surface area contributed by atoms with Crippen molar-refractivity contribution < 1.29 is 8.42 Å². The van der Waals surface area contributed by atoms with Crippen molar-refractivity contribution in [2.75, 3.05) is 5.73 Å². The molecule has 0 saturated heterocycles. The molecule has 0 aliphatic heterocycles. The third-order valence-electron chi connectivity index (χ3n) is 2.96. The molecule has 0 fully saturated rings. The Labute approximate surface area is 123 Å². The Morgan fingerprint density at radius 1 is 1.29 bits per heavy atom. The van der Waals surface area contributed by atoms with Gasteiger partial charge in [0.05, 0.1) is 0 Å². The SMILES string of the molecule is CC(NS(=O)(=O)c1ccc(C#N)nc1)c1ccccc1N. The van der Waals surface area contributed by atoms with Gasteiger partial charge in [-0.15, -0.1) is 0 Å². The first-order valence-corrected chi connectivity index (χ1v) is 7.65. The van der Waals surface area contributed by atoms with Crippen LogP contribution in [0.1, 0.15) is 24.2 Å². The molecule has 1 unspecified atom stereocenters. The number of nitriles is 1. The molecule has 108 valence electrons. The summed E-state index contributed by atoms with van der Waals surface area (Å²) in [6.07, 6.45) is 1.15. The smallest absolute Gasteiger partial charge is 0.242 e. The zero-order valence-corrected chi connectivity index (χ0v) is 12.1. The van der Waals surface area contributed by atoms with E-state index in [1.54, 1.807) is 31.2 Å². The summed E-state index contributed by atoms with van der Waals surface area (Å²) in [5.74, 6) is 0. The minimum atomic E-state index is -3.73. The monoisotopic (exact) mass is 302 g/mol. The van der Waals surface area contributed by atoms with E-state index in [1.165, 1.54) is 12.1 Å². The van der Waals surface area contributed by atoms with E-state index in [1.807, 2.05) is 6.07 Å². The Morgan fingerprint density at radius 3 is 2.57 bits per heavy atom. The van der Waals surface area contributed by atoms with Crippen molar-refractivity contribution >= 4 is 15.7 Å². The second kappa shape index (κ2) is 5.91. The summed E-state index contributed by atoms with van der Waals surface area (Å²) in [5.41, 5.74) is 7.21. The Balaban J connectivity index is 2.25. The fourth-order valence-electron chi connectivity index (χ4n) is 1.87. The largest absolute Gasteiger partial charge is 0.398 e. The lowest BCUT2D eigenvalue weighted by molar-refractivity contribution is 0.567. The zero-order chi connectivity index (χ0) is 15.5. The summed E-state index contributed by atoms with van der Waals surface area (Å²) in [6.45, 7) is 1.71. The van der Waals surface area contributed by atoms with Crippen molar-refractivity contribution in [2.45, 2.75) is 17.9 Å². The number of nitrogen functional groups attached to an aromatic ring is 1. The molecule has 1 aromatic carbocycles. The first-order valence-electron chi connectivity index (χ1n) is 6.17. The number of benzene rings is 1. The average Bonchev–Trinajstić information content (AvgIpc) is 2.47. The van der Waals surface area contributed by atoms with E-state index in [-0.39, 0.29) is 10.6 Å². The molecule has 7 heteroatoms. The molecule has 3 N–H and O–H groups in total. The highest BCUT2D eigenvalue weighted by molar-refractivity contribution is 7.89. The van der Waals surface area contributed by atoms with Crippen LogP contribution in [0, 0.1) is 11.3 Å². The van der Waals surface area contributed by atoms with Crippen LogP contribution in [0.5, 0.6) is 0 Å². The third kappa shape index (κ3) is 3.37. The van der Waals surface area contributed by atoms with Crippen molar-refractivity contribution in [1.29, 1.82) is 5.26 Å². The van der Waals surface area contributed by atoms with Crippen LogP contribution < -0.4 is 10.5 Å². The maximum atomic E-state index is 12.3. The number of nitrogens with zero attached hydrogens (tertiary/aromatic N) is 2. The molecule has 0 spiro atoms. The van der Waals surface area contributed by atoms with E-state index < -0.39 is 16.1 Å². The number of nitrogens with two attached hydrogens (primary N) is 1. The van der Waals surface area contributed by atoms with Gasteiger partial charge < -0.3 is 5.73 Å². The molecule has 0 aliphatic rings. The zero-order valence-electron chi connectivity index (χ0n) is 11.3. The molecule has 1 atom stereocenters. The lowest BCUT2D eigenvalue weighted by Crippen LogP contribution is -2.27. The summed E-state index contributed by atoms with van der Waals surface area (Å²) in [4.78, 5) is 3.76. The van der Waals surface area contributed by atoms with Gasteiger partial charge in [-0.3, -0.25) is 0 Å². The molecule has 6 nitrogen and oxygen atoms in total. The van der Waals surface area contributed by atoms with E-state index in [0.717, 1.165) is 6.20 Å². The number of pyridine rings is 1. The molecule has 2 aromatic rings. The molecule has 1 heterocycles. The standard InChI is InChI=1S/C14H14N4O2S/c1-10(13-4-2-3-5-14(13)16)18-21(19,20)12-7-6-11(8-15)17-9-12/h2-7,9-10,18H,16H2,1H3. The molecule has 0 bridgehead atoms. The van der Waals surface area contributed by atoms with Crippen LogP contribution in [0.15, 0.2) is 47.5 Å². The molecule has 0 radical (unpaired) electrons. The lowest BCUT2D eigenvalue weighted by atomic mass is 10.1. The number of para-hydroxylation sites is 1. The predicted octanol–water partition coefficient (Wildman–Crippen LogP) is 1.57. The topological polar surface area (TPSA) is 109 Å². The van der Waals surface area contributed by atoms with Gasteiger partial charge in [-0.2, -0.15) is 5.26 Å². The van der Waals surface area contributed by atoms with Gasteiger partial charge in [0.25, 0.3) is 0 Å². The van der Waals surface area contributed by atoms with Gasteiger partial charge in [-0.05, 0) is 30.7 Å². The first-order chi connectivity index (χ1) is 9.94. The normalized spacial score (nSPS) is 12.6. The van der Waals surface area contributed by atoms with Crippen LogP contribution in [0.4, 0.5) is 5.69 Å². The fourth-order valence-corrected chi connectivity index (χ4v) is 3.04. The van der Waals surface area contributed by atoms with Crippen LogP contribution in [-0.2, 0) is 10.0 Å².